The molecule has 0 aliphatic carbocycles. The summed E-state index contributed by atoms with van der Waals surface area (Å²) in [7, 11) is 0. The molecule has 22 heavy (non-hydrogen) atoms. The number of benzene rings is 1. The van der Waals surface area contributed by atoms with Gasteiger partial charge >= 0.3 is 0 Å². The van der Waals surface area contributed by atoms with Gasteiger partial charge in [0.2, 0.25) is 0 Å². The number of para-hydroxylation sites is 1. The van der Waals surface area contributed by atoms with Gasteiger partial charge < -0.3 is 5.32 Å². The lowest BCUT2D eigenvalue weighted by Gasteiger charge is -2.06. The summed E-state index contributed by atoms with van der Waals surface area (Å²) < 4.78 is 2.73. The van der Waals surface area contributed by atoms with Gasteiger partial charge in [-0.25, -0.2) is 0 Å². The second kappa shape index (κ2) is 7.17. The van der Waals surface area contributed by atoms with Crippen LogP contribution >= 0.6 is 15.9 Å². The van der Waals surface area contributed by atoms with Crippen molar-refractivity contribution in [1.82, 2.24) is 15.1 Å². The first-order chi connectivity index (χ1) is 10.5. The Morgan fingerprint density at radius 3 is 2.82 bits per heavy atom. The average Bonchev–Trinajstić information content (AvgIpc) is 2.82. The zero-order valence-electron chi connectivity index (χ0n) is 12.0. The Morgan fingerprint density at radius 2 is 2.18 bits per heavy atom. The molecule has 1 amide bonds. The Labute approximate surface area is 135 Å². The molecule has 116 valence electrons. The smallest absolute Gasteiger partial charge is 0.282 e. The Morgan fingerprint density at radius 1 is 1.45 bits per heavy atom. The minimum absolute atomic E-state index is 0.0742. The summed E-state index contributed by atoms with van der Waals surface area (Å²) in [5.41, 5.74) is 0.792. The molecule has 1 aromatic heterocycles. The van der Waals surface area contributed by atoms with Gasteiger partial charge in [0, 0.05) is 25.4 Å². The van der Waals surface area contributed by atoms with E-state index in [1.54, 1.807) is 10.7 Å². The van der Waals surface area contributed by atoms with Gasteiger partial charge in [-0.3, -0.25) is 19.6 Å². The fourth-order valence-electron chi connectivity index (χ4n) is 1.97. The summed E-state index contributed by atoms with van der Waals surface area (Å²) in [6, 6.07) is 5.90. The molecule has 7 nitrogen and oxygen atoms in total. The van der Waals surface area contributed by atoms with Crippen LogP contribution in [0.2, 0.25) is 0 Å². The van der Waals surface area contributed by atoms with Crippen LogP contribution in [0.15, 0.2) is 34.9 Å². The number of carbonyl (C=O) groups excluding carboxylic acids is 1. The highest BCUT2D eigenvalue weighted by molar-refractivity contribution is 9.10. The normalized spacial score (nSPS) is 10.5. The highest BCUT2D eigenvalue weighted by atomic mass is 79.9. The van der Waals surface area contributed by atoms with Crippen LogP contribution in [0, 0.1) is 17.0 Å². The summed E-state index contributed by atoms with van der Waals surface area (Å²) in [6.45, 7) is 2.97. The molecular weight excluding hydrogens is 352 g/mol. The molecule has 1 N–H and O–H groups in total. The number of nitro groups is 1. The van der Waals surface area contributed by atoms with Crippen LogP contribution in [0.5, 0.6) is 0 Å². The van der Waals surface area contributed by atoms with E-state index < -0.39 is 10.8 Å². The van der Waals surface area contributed by atoms with Crippen LogP contribution in [-0.2, 0) is 6.54 Å². The van der Waals surface area contributed by atoms with Gasteiger partial charge in [0.25, 0.3) is 11.6 Å². The van der Waals surface area contributed by atoms with E-state index in [0.717, 1.165) is 10.2 Å². The van der Waals surface area contributed by atoms with Crippen LogP contribution in [-0.4, -0.2) is 27.2 Å². The number of hydrogen-bond donors (Lipinski definition) is 1. The number of rotatable bonds is 6. The van der Waals surface area contributed by atoms with Gasteiger partial charge in [0.1, 0.15) is 5.56 Å². The second-order valence-corrected chi connectivity index (χ2v) is 5.56. The maximum Gasteiger partial charge on any atom is 0.282 e. The fourth-order valence-corrected chi connectivity index (χ4v) is 2.29. The first-order valence-electron chi connectivity index (χ1n) is 6.70. The van der Waals surface area contributed by atoms with Gasteiger partial charge in [-0.2, -0.15) is 5.10 Å². The van der Waals surface area contributed by atoms with Crippen molar-refractivity contribution in [2.24, 2.45) is 0 Å². The molecule has 0 atom stereocenters. The molecule has 0 bridgehead atoms. The summed E-state index contributed by atoms with van der Waals surface area (Å²) in [6.07, 6.45) is 2.55. The maximum atomic E-state index is 12.0. The molecule has 0 saturated heterocycles. The van der Waals surface area contributed by atoms with Gasteiger partial charge in [-0.15, -0.1) is 0 Å². The van der Waals surface area contributed by atoms with Crippen LogP contribution in [0.4, 0.5) is 5.69 Å². The number of carbonyl (C=O) groups is 1. The number of nitro benzene ring substituents is 1. The predicted molar refractivity (Wildman–Crippen MR) is 84.7 cm³/mol. The lowest BCUT2D eigenvalue weighted by atomic mass is 10.1. The van der Waals surface area contributed by atoms with E-state index in [9.17, 15) is 14.9 Å². The first-order valence-corrected chi connectivity index (χ1v) is 7.49. The van der Waals surface area contributed by atoms with E-state index in [-0.39, 0.29) is 11.3 Å². The quantitative estimate of drug-likeness (QED) is 0.483. The molecule has 0 aliphatic heterocycles. The number of nitrogens with zero attached hydrogens (tertiary/aromatic N) is 3. The summed E-state index contributed by atoms with van der Waals surface area (Å²) in [5, 5.41) is 17.9. The predicted octanol–water partition coefficient (Wildman–Crippen LogP) is 2.68. The monoisotopic (exact) mass is 366 g/mol. The molecule has 0 saturated carbocycles. The minimum atomic E-state index is -0.557. The first kappa shape index (κ1) is 16.2. The lowest BCUT2D eigenvalue weighted by Crippen LogP contribution is -2.26. The van der Waals surface area contributed by atoms with Crippen molar-refractivity contribution in [2.45, 2.75) is 19.9 Å². The summed E-state index contributed by atoms with van der Waals surface area (Å²) >= 11 is 3.38. The van der Waals surface area contributed by atoms with Gasteiger partial charge in [-0.1, -0.05) is 12.1 Å². The summed E-state index contributed by atoms with van der Waals surface area (Å²) in [5.74, 6) is -0.440. The lowest BCUT2D eigenvalue weighted by molar-refractivity contribution is -0.385. The zero-order chi connectivity index (χ0) is 16.1. The Balaban J connectivity index is 1.87. The average molecular weight is 367 g/mol. The molecular formula is C14H15BrN4O3. The minimum Gasteiger partial charge on any atom is -0.352 e. The third-order valence-electron chi connectivity index (χ3n) is 3.08. The summed E-state index contributed by atoms with van der Waals surface area (Å²) in [4.78, 5) is 22.3. The molecule has 0 spiro atoms. The molecule has 1 aromatic carbocycles. The van der Waals surface area contributed by atoms with Crippen molar-refractivity contribution >= 4 is 27.5 Å². The molecule has 0 unspecified atom stereocenters. The number of aromatic nitrogens is 2. The zero-order valence-corrected chi connectivity index (χ0v) is 13.5. The molecule has 8 heteroatoms. The second-order valence-electron chi connectivity index (χ2n) is 4.71. The van der Waals surface area contributed by atoms with Gasteiger partial charge in [-0.05, 0) is 35.3 Å². The Kier molecular flexibility index (Phi) is 5.26. The Hall–Kier alpha value is -2.22. The van der Waals surface area contributed by atoms with Crippen molar-refractivity contribution in [1.29, 1.82) is 0 Å². The highest BCUT2D eigenvalue weighted by Gasteiger charge is 2.18. The fraction of sp³-hybridized carbons (Fsp3) is 0.286. The van der Waals surface area contributed by atoms with Gasteiger partial charge in [0.15, 0.2) is 0 Å². The SMILES string of the molecule is Cc1nn(CCCNC(=O)c2ccccc2[N+](=O)[O-])cc1Br. The molecule has 0 fully saturated rings. The van der Waals surface area contributed by atoms with Crippen molar-refractivity contribution < 1.29 is 9.72 Å². The standard InChI is InChI=1S/C14H15BrN4O3/c1-10-12(15)9-18(17-10)8-4-7-16-14(20)11-5-2-3-6-13(11)19(21)22/h2-3,5-6,9H,4,7-8H2,1H3,(H,16,20). The van der Waals surface area contributed by atoms with Crippen molar-refractivity contribution in [3.05, 3.63) is 56.3 Å². The largest absolute Gasteiger partial charge is 0.352 e. The highest BCUT2D eigenvalue weighted by Crippen LogP contribution is 2.17. The molecule has 2 rings (SSSR count). The maximum absolute atomic E-state index is 12.0. The van der Waals surface area contributed by atoms with E-state index in [1.807, 2.05) is 13.1 Å². The number of nitrogens with one attached hydrogen (secondary N) is 1. The van der Waals surface area contributed by atoms with E-state index in [0.29, 0.717) is 19.5 Å². The van der Waals surface area contributed by atoms with Crippen LogP contribution in [0.25, 0.3) is 0 Å². The third kappa shape index (κ3) is 3.91. The van der Waals surface area contributed by atoms with Crippen molar-refractivity contribution in [2.75, 3.05) is 6.54 Å². The third-order valence-corrected chi connectivity index (χ3v) is 3.86. The van der Waals surface area contributed by atoms with Crippen molar-refractivity contribution in [3.8, 4) is 0 Å². The molecule has 0 aliphatic rings. The molecule has 0 radical (unpaired) electrons. The molecule has 1 heterocycles. The van der Waals surface area contributed by atoms with E-state index in [4.69, 9.17) is 0 Å². The number of aryl methyl sites for hydroxylation is 2. The Bertz CT molecular complexity index is 680. The van der Waals surface area contributed by atoms with Crippen LogP contribution in [0.1, 0.15) is 22.5 Å². The van der Waals surface area contributed by atoms with Crippen LogP contribution in [0.3, 0.4) is 0 Å². The van der Waals surface area contributed by atoms with E-state index in [1.165, 1.54) is 18.2 Å². The van der Waals surface area contributed by atoms with Crippen LogP contribution < -0.4 is 5.32 Å². The van der Waals surface area contributed by atoms with E-state index in [2.05, 4.69) is 26.3 Å². The number of hydrogen-bond acceptors (Lipinski definition) is 4. The number of amides is 1. The molecule has 2 aromatic rings. The number of halogens is 1. The van der Waals surface area contributed by atoms with E-state index >= 15 is 0 Å². The van der Waals surface area contributed by atoms with Crippen molar-refractivity contribution in [3.63, 3.8) is 0 Å². The topological polar surface area (TPSA) is 90.1 Å². The van der Waals surface area contributed by atoms with Gasteiger partial charge in [0.05, 0.1) is 15.1 Å².